The number of nitrogens with one attached hydrogen (secondary N) is 1. The Balaban J connectivity index is 1.59. The Morgan fingerprint density at radius 3 is 2.48 bits per heavy atom. The van der Waals surface area contributed by atoms with Gasteiger partial charge in [-0.3, -0.25) is 10.1 Å². The van der Waals surface area contributed by atoms with E-state index in [0.717, 1.165) is 23.5 Å². The number of anilines is 1. The number of halogens is 3. The van der Waals surface area contributed by atoms with Crippen molar-refractivity contribution in [3.8, 4) is 22.5 Å². The highest BCUT2D eigenvalue weighted by atomic mass is 32.1. The smallest absolute Gasteiger partial charge is 0.263 e. The topological polar surface area (TPSA) is 68.0 Å². The third-order valence-electron chi connectivity index (χ3n) is 4.15. The summed E-state index contributed by atoms with van der Waals surface area (Å²) in [5.41, 5.74) is 1.77. The van der Waals surface area contributed by atoms with Crippen molar-refractivity contribution < 1.29 is 22.5 Å². The zero-order chi connectivity index (χ0) is 20.5. The van der Waals surface area contributed by atoms with E-state index in [-0.39, 0.29) is 16.4 Å². The zero-order valence-electron chi connectivity index (χ0n) is 14.9. The van der Waals surface area contributed by atoms with E-state index in [9.17, 15) is 18.0 Å². The molecule has 0 aliphatic carbocycles. The Morgan fingerprint density at radius 1 is 1.03 bits per heavy atom. The first kappa shape index (κ1) is 18.9. The van der Waals surface area contributed by atoms with E-state index in [0.29, 0.717) is 22.6 Å². The van der Waals surface area contributed by atoms with Crippen molar-refractivity contribution in [2.75, 3.05) is 5.32 Å². The molecule has 1 N–H and O–H groups in total. The van der Waals surface area contributed by atoms with E-state index >= 15 is 0 Å². The first-order valence-electron chi connectivity index (χ1n) is 8.37. The molecule has 0 atom stereocenters. The Bertz CT molecular complexity index is 1200. The van der Waals surface area contributed by atoms with Crippen LogP contribution in [0.4, 0.5) is 18.3 Å². The fourth-order valence-corrected chi connectivity index (χ4v) is 3.44. The normalized spacial score (nSPS) is 10.9. The van der Waals surface area contributed by atoms with Gasteiger partial charge in [0, 0.05) is 16.5 Å². The van der Waals surface area contributed by atoms with Gasteiger partial charge in [-0.1, -0.05) is 5.16 Å². The lowest BCUT2D eigenvalue weighted by Crippen LogP contribution is -2.13. The predicted molar refractivity (Wildman–Crippen MR) is 102 cm³/mol. The van der Waals surface area contributed by atoms with Gasteiger partial charge in [-0.2, -0.15) is 0 Å². The van der Waals surface area contributed by atoms with Crippen molar-refractivity contribution in [1.29, 1.82) is 0 Å². The second-order valence-corrected chi connectivity index (χ2v) is 6.95. The fourth-order valence-electron chi connectivity index (χ4n) is 2.72. The molecule has 29 heavy (non-hydrogen) atoms. The molecule has 5 nitrogen and oxygen atoms in total. The second kappa shape index (κ2) is 7.51. The van der Waals surface area contributed by atoms with Crippen LogP contribution in [0.3, 0.4) is 0 Å². The summed E-state index contributed by atoms with van der Waals surface area (Å²) < 4.78 is 44.8. The number of rotatable bonds is 4. The highest BCUT2D eigenvalue weighted by Gasteiger charge is 2.22. The van der Waals surface area contributed by atoms with Crippen molar-refractivity contribution >= 4 is 22.4 Å². The average molecular weight is 415 g/mol. The van der Waals surface area contributed by atoms with Crippen LogP contribution in [0.2, 0.25) is 0 Å². The molecule has 146 valence electrons. The van der Waals surface area contributed by atoms with Crippen LogP contribution in [0.1, 0.15) is 16.1 Å². The van der Waals surface area contributed by atoms with Gasteiger partial charge >= 0.3 is 0 Å². The number of carbonyl (C=O) groups is 1. The third-order valence-corrected chi connectivity index (χ3v) is 4.91. The van der Waals surface area contributed by atoms with Crippen LogP contribution in [0.5, 0.6) is 0 Å². The quantitative estimate of drug-likeness (QED) is 0.482. The maximum Gasteiger partial charge on any atom is 0.263 e. The number of aromatic nitrogens is 2. The minimum atomic E-state index is -0.981. The molecule has 2 heterocycles. The third kappa shape index (κ3) is 3.77. The molecule has 0 fully saturated rings. The minimum Gasteiger partial charge on any atom is -0.360 e. The van der Waals surface area contributed by atoms with Crippen LogP contribution in [0.15, 0.2) is 52.4 Å². The van der Waals surface area contributed by atoms with Crippen molar-refractivity contribution in [2.45, 2.75) is 6.92 Å². The first-order chi connectivity index (χ1) is 13.9. The summed E-state index contributed by atoms with van der Waals surface area (Å²) in [6.07, 6.45) is 0. The van der Waals surface area contributed by atoms with Crippen LogP contribution < -0.4 is 5.32 Å². The Morgan fingerprint density at radius 2 is 1.76 bits per heavy atom. The number of hydrogen-bond acceptors (Lipinski definition) is 5. The summed E-state index contributed by atoms with van der Waals surface area (Å²) in [4.78, 5) is 17.0. The number of hydrogen-bond donors (Lipinski definition) is 1. The summed E-state index contributed by atoms with van der Waals surface area (Å²) in [5, 5.41) is 8.43. The molecule has 4 rings (SSSR count). The molecule has 0 saturated heterocycles. The predicted octanol–water partition coefficient (Wildman–Crippen LogP) is 5.44. The second-order valence-electron chi connectivity index (χ2n) is 6.09. The number of nitrogens with zero attached hydrogens (tertiary/aromatic N) is 2. The van der Waals surface area contributed by atoms with Gasteiger partial charge in [0.25, 0.3) is 5.91 Å². The molecule has 0 saturated carbocycles. The summed E-state index contributed by atoms with van der Waals surface area (Å²) in [7, 11) is 0. The molecule has 0 aliphatic heterocycles. The number of thiazole rings is 1. The van der Waals surface area contributed by atoms with Crippen molar-refractivity contribution in [3.63, 3.8) is 0 Å². The van der Waals surface area contributed by atoms with Crippen LogP contribution in [0, 0.1) is 24.4 Å². The van der Waals surface area contributed by atoms with Gasteiger partial charge in [-0.25, -0.2) is 18.2 Å². The van der Waals surface area contributed by atoms with Crippen LogP contribution in [-0.2, 0) is 0 Å². The summed E-state index contributed by atoms with van der Waals surface area (Å²) in [6, 6.07) is 8.95. The maximum absolute atomic E-state index is 13.4. The molecule has 2 aromatic carbocycles. The fraction of sp³-hybridized carbons (Fsp3) is 0.0500. The highest BCUT2D eigenvalue weighted by molar-refractivity contribution is 7.14. The van der Waals surface area contributed by atoms with E-state index < -0.39 is 23.4 Å². The number of amides is 1. The number of aryl methyl sites for hydroxylation is 1. The molecule has 0 bridgehead atoms. The maximum atomic E-state index is 13.4. The van der Waals surface area contributed by atoms with Crippen LogP contribution >= 0.6 is 11.3 Å². The van der Waals surface area contributed by atoms with Crippen LogP contribution in [0.25, 0.3) is 22.5 Å². The highest BCUT2D eigenvalue weighted by Crippen LogP contribution is 2.29. The van der Waals surface area contributed by atoms with Gasteiger partial charge in [0.15, 0.2) is 16.8 Å². The molecule has 4 aromatic rings. The molecule has 1 amide bonds. The molecule has 9 heteroatoms. The molecular weight excluding hydrogens is 403 g/mol. The van der Waals surface area contributed by atoms with Crippen molar-refractivity contribution in [3.05, 3.63) is 76.6 Å². The van der Waals surface area contributed by atoms with Crippen molar-refractivity contribution in [2.24, 2.45) is 0 Å². The summed E-state index contributed by atoms with van der Waals surface area (Å²) in [5.74, 6) is -2.56. The zero-order valence-corrected chi connectivity index (χ0v) is 15.7. The SMILES string of the molecule is Cc1onc(-c2ccc(F)cc2)c1C(=O)Nc1nc(-c2ccc(F)c(F)c2)cs1. The van der Waals surface area contributed by atoms with Crippen LogP contribution in [-0.4, -0.2) is 16.0 Å². The van der Waals surface area contributed by atoms with Gasteiger partial charge in [0.1, 0.15) is 22.8 Å². The van der Waals surface area contributed by atoms with Gasteiger partial charge in [-0.15, -0.1) is 11.3 Å². The monoisotopic (exact) mass is 415 g/mol. The Kier molecular flexibility index (Phi) is 4.89. The van der Waals surface area contributed by atoms with Gasteiger partial charge in [0.05, 0.1) is 5.69 Å². The summed E-state index contributed by atoms with van der Waals surface area (Å²) >= 11 is 1.13. The molecule has 0 radical (unpaired) electrons. The first-order valence-corrected chi connectivity index (χ1v) is 9.25. The largest absolute Gasteiger partial charge is 0.360 e. The Labute approximate surface area is 166 Å². The molecular formula is C20H12F3N3O2S. The molecule has 0 spiro atoms. The van der Waals surface area contributed by atoms with E-state index in [1.807, 2.05) is 0 Å². The van der Waals surface area contributed by atoms with Gasteiger partial charge in [0.2, 0.25) is 0 Å². The lowest BCUT2D eigenvalue weighted by atomic mass is 10.1. The standard InChI is InChI=1S/C20H12F3N3O2S/c1-10-17(18(26-28-10)11-2-5-13(21)6-3-11)19(27)25-20-24-16(9-29-20)12-4-7-14(22)15(23)8-12/h2-9H,1H3,(H,24,25,27). The minimum absolute atomic E-state index is 0.196. The molecule has 0 unspecified atom stereocenters. The van der Waals surface area contributed by atoms with Gasteiger partial charge < -0.3 is 4.52 Å². The Hall–Kier alpha value is -3.46. The van der Waals surface area contributed by atoms with E-state index in [1.165, 1.54) is 30.3 Å². The molecule has 0 aliphatic rings. The van der Waals surface area contributed by atoms with E-state index in [1.54, 1.807) is 12.3 Å². The number of benzene rings is 2. The lowest BCUT2D eigenvalue weighted by Gasteiger charge is -2.03. The number of carbonyl (C=O) groups excluding carboxylic acids is 1. The lowest BCUT2D eigenvalue weighted by molar-refractivity contribution is 0.102. The molecule has 2 aromatic heterocycles. The van der Waals surface area contributed by atoms with E-state index in [2.05, 4.69) is 15.5 Å². The van der Waals surface area contributed by atoms with Gasteiger partial charge in [-0.05, 0) is 49.4 Å². The summed E-state index contributed by atoms with van der Waals surface area (Å²) in [6.45, 7) is 1.59. The van der Waals surface area contributed by atoms with Crippen molar-refractivity contribution in [1.82, 2.24) is 10.1 Å². The average Bonchev–Trinajstić information content (AvgIpc) is 3.31. The van der Waals surface area contributed by atoms with E-state index in [4.69, 9.17) is 4.52 Å².